The van der Waals surface area contributed by atoms with Crippen molar-refractivity contribution in [3.63, 3.8) is 0 Å². The van der Waals surface area contributed by atoms with Gasteiger partial charge in [0.15, 0.2) is 0 Å². The number of rotatable bonds is 4. The summed E-state index contributed by atoms with van der Waals surface area (Å²) in [6.07, 6.45) is 0.0202. The van der Waals surface area contributed by atoms with Crippen LogP contribution in [0.4, 0.5) is 15.8 Å². The van der Waals surface area contributed by atoms with Gasteiger partial charge in [0.1, 0.15) is 5.82 Å². The number of amides is 1. The third-order valence-corrected chi connectivity index (χ3v) is 2.66. The van der Waals surface area contributed by atoms with E-state index in [9.17, 15) is 19.3 Å². The first kappa shape index (κ1) is 13.7. The zero-order valence-electron chi connectivity index (χ0n) is 10.4. The second kappa shape index (κ2) is 5.92. The lowest BCUT2D eigenvalue weighted by molar-refractivity contribution is -0.384. The molecule has 2 aromatic carbocycles. The number of nitrogens with one attached hydrogen (secondary N) is 1. The highest BCUT2D eigenvalue weighted by Gasteiger charge is 2.09. The molecule has 0 aliphatic rings. The Kier molecular flexibility index (Phi) is 4.05. The van der Waals surface area contributed by atoms with Crippen molar-refractivity contribution in [3.05, 3.63) is 70.0 Å². The van der Waals surface area contributed by atoms with E-state index in [2.05, 4.69) is 5.32 Å². The van der Waals surface area contributed by atoms with Gasteiger partial charge < -0.3 is 5.32 Å². The Bertz CT molecular complexity index is 641. The first-order chi connectivity index (χ1) is 9.56. The van der Waals surface area contributed by atoms with E-state index >= 15 is 0 Å². The van der Waals surface area contributed by atoms with Crippen LogP contribution in [0.3, 0.4) is 0 Å². The summed E-state index contributed by atoms with van der Waals surface area (Å²) >= 11 is 0. The lowest BCUT2D eigenvalue weighted by atomic mass is 10.1. The Balaban J connectivity index is 2.01. The fourth-order valence-corrected chi connectivity index (χ4v) is 1.68. The number of benzene rings is 2. The highest BCUT2D eigenvalue weighted by atomic mass is 19.1. The number of hydrogen-bond acceptors (Lipinski definition) is 3. The summed E-state index contributed by atoms with van der Waals surface area (Å²) in [6, 6.07) is 11.5. The summed E-state index contributed by atoms with van der Waals surface area (Å²) in [7, 11) is 0. The maximum absolute atomic E-state index is 13.3. The lowest BCUT2D eigenvalue weighted by Crippen LogP contribution is -2.15. The minimum absolute atomic E-state index is 0.0202. The quantitative estimate of drug-likeness (QED) is 0.688. The molecular formula is C14H11FN2O3. The van der Waals surface area contributed by atoms with Gasteiger partial charge in [0, 0.05) is 12.1 Å². The standard InChI is InChI=1S/C14H11FN2O3/c15-12-3-1-2-4-13(12)16-14(18)9-10-5-7-11(8-6-10)17(19)20/h1-8H,9H2,(H,16,18). The van der Waals surface area contributed by atoms with Gasteiger partial charge in [0.2, 0.25) is 5.91 Å². The number of halogens is 1. The normalized spacial score (nSPS) is 10.1. The predicted molar refractivity (Wildman–Crippen MR) is 71.8 cm³/mol. The van der Waals surface area contributed by atoms with Crippen molar-refractivity contribution in [2.45, 2.75) is 6.42 Å². The molecule has 0 aliphatic heterocycles. The van der Waals surface area contributed by atoms with E-state index in [0.717, 1.165) is 0 Å². The number of non-ortho nitro benzene ring substituents is 1. The molecule has 1 N–H and O–H groups in total. The predicted octanol–water partition coefficient (Wildman–Crippen LogP) is 2.92. The largest absolute Gasteiger partial charge is 0.323 e. The lowest BCUT2D eigenvalue weighted by Gasteiger charge is -2.06. The van der Waals surface area contributed by atoms with Crippen LogP contribution in [0.25, 0.3) is 0 Å². The SMILES string of the molecule is O=C(Cc1ccc([N+](=O)[O-])cc1)Nc1ccccc1F. The van der Waals surface area contributed by atoms with Gasteiger partial charge in [-0.15, -0.1) is 0 Å². The summed E-state index contributed by atoms with van der Waals surface area (Å²) in [5, 5.41) is 12.9. The topological polar surface area (TPSA) is 72.2 Å². The Morgan fingerprint density at radius 3 is 2.40 bits per heavy atom. The molecule has 0 spiro atoms. The molecule has 0 saturated heterocycles. The molecule has 2 aromatic rings. The monoisotopic (exact) mass is 274 g/mol. The van der Waals surface area contributed by atoms with E-state index < -0.39 is 10.7 Å². The molecule has 0 fully saturated rings. The molecule has 6 heteroatoms. The molecule has 0 aliphatic carbocycles. The molecule has 0 atom stereocenters. The van der Waals surface area contributed by atoms with E-state index in [0.29, 0.717) is 5.56 Å². The van der Waals surface area contributed by atoms with Gasteiger partial charge in [-0.3, -0.25) is 14.9 Å². The third-order valence-electron chi connectivity index (χ3n) is 2.66. The van der Waals surface area contributed by atoms with E-state index in [1.165, 1.54) is 42.5 Å². The number of anilines is 1. The minimum atomic E-state index is -0.511. The number of carbonyl (C=O) groups excluding carboxylic acids is 1. The highest BCUT2D eigenvalue weighted by Crippen LogP contribution is 2.15. The van der Waals surface area contributed by atoms with E-state index in [1.54, 1.807) is 6.07 Å². The van der Waals surface area contributed by atoms with Crippen LogP contribution in [-0.2, 0) is 11.2 Å². The fraction of sp³-hybridized carbons (Fsp3) is 0.0714. The maximum Gasteiger partial charge on any atom is 0.269 e. The van der Waals surface area contributed by atoms with Crippen LogP contribution in [-0.4, -0.2) is 10.8 Å². The van der Waals surface area contributed by atoms with Crippen LogP contribution >= 0.6 is 0 Å². The zero-order chi connectivity index (χ0) is 14.5. The van der Waals surface area contributed by atoms with Crippen LogP contribution < -0.4 is 5.32 Å². The van der Waals surface area contributed by atoms with Gasteiger partial charge in [0.25, 0.3) is 5.69 Å². The molecule has 102 valence electrons. The number of nitrogens with zero attached hydrogens (tertiary/aromatic N) is 1. The van der Waals surface area contributed by atoms with Crippen molar-refractivity contribution in [2.75, 3.05) is 5.32 Å². The molecule has 2 rings (SSSR count). The maximum atomic E-state index is 13.3. The molecule has 0 heterocycles. The van der Waals surface area contributed by atoms with Crippen LogP contribution in [0, 0.1) is 15.9 Å². The van der Waals surface area contributed by atoms with Crippen molar-refractivity contribution >= 4 is 17.3 Å². The summed E-state index contributed by atoms with van der Waals surface area (Å²) in [6.45, 7) is 0. The van der Waals surface area contributed by atoms with Crippen molar-refractivity contribution in [3.8, 4) is 0 Å². The summed E-state index contributed by atoms with van der Waals surface area (Å²) in [5.41, 5.74) is 0.687. The van der Waals surface area contributed by atoms with E-state index in [4.69, 9.17) is 0 Å². The average Bonchev–Trinajstić information content (AvgIpc) is 2.42. The minimum Gasteiger partial charge on any atom is -0.323 e. The highest BCUT2D eigenvalue weighted by molar-refractivity contribution is 5.92. The molecule has 0 saturated carbocycles. The number of nitro benzene ring substituents is 1. The van der Waals surface area contributed by atoms with Crippen LogP contribution in [0.1, 0.15) is 5.56 Å². The first-order valence-electron chi connectivity index (χ1n) is 5.84. The number of carbonyl (C=O) groups is 1. The molecule has 0 unspecified atom stereocenters. The number of para-hydroxylation sites is 1. The first-order valence-corrected chi connectivity index (χ1v) is 5.84. The Morgan fingerprint density at radius 2 is 1.80 bits per heavy atom. The van der Waals surface area contributed by atoms with Crippen molar-refractivity contribution in [1.82, 2.24) is 0 Å². The molecular weight excluding hydrogens is 263 g/mol. The Hall–Kier alpha value is -2.76. The second-order valence-electron chi connectivity index (χ2n) is 4.13. The number of nitro groups is 1. The summed E-state index contributed by atoms with van der Waals surface area (Å²) < 4.78 is 13.3. The summed E-state index contributed by atoms with van der Waals surface area (Å²) in [5.74, 6) is -0.895. The third kappa shape index (κ3) is 3.38. The van der Waals surface area contributed by atoms with Gasteiger partial charge >= 0.3 is 0 Å². The van der Waals surface area contributed by atoms with Gasteiger partial charge in [-0.2, -0.15) is 0 Å². The fourth-order valence-electron chi connectivity index (χ4n) is 1.68. The van der Waals surface area contributed by atoms with Gasteiger partial charge in [-0.1, -0.05) is 24.3 Å². The summed E-state index contributed by atoms with van der Waals surface area (Å²) in [4.78, 5) is 21.7. The van der Waals surface area contributed by atoms with Crippen LogP contribution in [0.5, 0.6) is 0 Å². The zero-order valence-corrected chi connectivity index (χ0v) is 10.4. The van der Waals surface area contributed by atoms with Gasteiger partial charge in [-0.05, 0) is 17.7 Å². The Labute approximate surface area is 114 Å². The molecule has 0 aromatic heterocycles. The molecule has 0 radical (unpaired) electrons. The van der Waals surface area contributed by atoms with E-state index in [1.807, 2.05) is 0 Å². The van der Waals surface area contributed by atoms with Crippen molar-refractivity contribution < 1.29 is 14.1 Å². The van der Waals surface area contributed by atoms with Gasteiger partial charge in [-0.25, -0.2) is 4.39 Å². The smallest absolute Gasteiger partial charge is 0.269 e. The van der Waals surface area contributed by atoms with Crippen LogP contribution in [0.15, 0.2) is 48.5 Å². The number of hydrogen-bond donors (Lipinski definition) is 1. The average molecular weight is 274 g/mol. The molecule has 20 heavy (non-hydrogen) atoms. The second-order valence-corrected chi connectivity index (χ2v) is 4.13. The van der Waals surface area contributed by atoms with Crippen LogP contribution in [0.2, 0.25) is 0 Å². The molecule has 5 nitrogen and oxygen atoms in total. The Morgan fingerprint density at radius 1 is 1.15 bits per heavy atom. The van der Waals surface area contributed by atoms with Crippen molar-refractivity contribution in [1.29, 1.82) is 0 Å². The van der Waals surface area contributed by atoms with E-state index in [-0.39, 0.29) is 23.7 Å². The van der Waals surface area contributed by atoms with Crippen molar-refractivity contribution in [2.24, 2.45) is 0 Å². The molecule has 0 bridgehead atoms. The molecule has 1 amide bonds. The van der Waals surface area contributed by atoms with Gasteiger partial charge in [0.05, 0.1) is 17.0 Å².